The molecule has 4 nitrogen and oxygen atoms in total. The number of anilines is 3. The summed E-state index contributed by atoms with van der Waals surface area (Å²) in [6.07, 6.45) is 6.00. The van der Waals surface area contributed by atoms with Crippen LogP contribution < -0.4 is 4.90 Å². The van der Waals surface area contributed by atoms with Gasteiger partial charge in [-0.2, -0.15) is 0 Å². The van der Waals surface area contributed by atoms with Gasteiger partial charge in [-0.05, 0) is 189 Å². The molecule has 3 heterocycles. The highest BCUT2D eigenvalue weighted by molar-refractivity contribution is 5.91. The molecule has 0 spiro atoms. The minimum absolute atomic E-state index is 0.301. The van der Waals surface area contributed by atoms with Crippen LogP contribution in [0.3, 0.4) is 0 Å². The maximum atomic E-state index is 5.23. The van der Waals surface area contributed by atoms with Crippen molar-refractivity contribution in [2.45, 2.75) is 107 Å². The maximum absolute atomic E-state index is 5.23. The Morgan fingerprint density at radius 2 is 0.732 bits per heavy atom. The molecule has 0 amide bonds. The van der Waals surface area contributed by atoms with E-state index in [2.05, 4.69) is 240 Å². The molecule has 356 valence electrons. The summed E-state index contributed by atoms with van der Waals surface area (Å²) in [6, 6.07) is 56.1. The van der Waals surface area contributed by atoms with Crippen LogP contribution in [-0.2, 0) is 0 Å². The summed E-state index contributed by atoms with van der Waals surface area (Å²) < 4.78 is 0. The normalized spacial score (nSPS) is 11.6. The Balaban J connectivity index is 1.41. The number of nitrogens with zero attached hydrogens (tertiary/aromatic N) is 4. The van der Waals surface area contributed by atoms with Crippen molar-refractivity contribution < 1.29 is 0 Å². The minimum atomic E-state index is 0.301. The van der Waals surface area contributed by atoms with E-state index in [1.807, 2.05) is 18.6 Å². The molecule has 0 fully saturated rings. The summed E-state index contributed by atoms with van der Waals surface area (Å²) in [5.74, 6) is 1.20. The second-order valence-corrected chi connectivity index (χ2v) is 20.7. The molecule has 0 aliphatic heterocycles. The minimum Gasteiger partial charge on any atom is -0.308 e. The Morgan fingerprint density at radius 1 is 0.352 bits per heavy atom. The third-order valence-corrected chi connectivity index (χ3v) is 14.2. The summed E-state index contributed by atoms with van der Waals surface area (Å²) in [5.41, 5.74) is 26.3. The number of aryl methyl sites for hydroxylation is 4. The molecule has 71 heavy (non-hydrogen) atoms. The molecule has 0 saturated heterocycles. The van der Waals surface area contributed by atoms with E-state index in [1.54, 1.807) is 0 Å². The Kier molecular flexibility index (Phi) is 14.0. The Bertz CT molecular complexity index is 3090. The predicted molar refractivity (Wildman–Crippen MR) is 302 cm³/mol. The van der Waals surface area contributed by atoms with Gasteiger partial charge in [0, 0.05) is 41.1 Å². The molecule has 0 aliphatic rings. The van der Waals surface area contributed by atoms with Crippen LogP contribution in [0.25, 0.3) is 67.0 Å². The highest BCUT2D eigenvalue weighted by atomic mass is 15.2. The molecular weight excluding hydrogens is 861 g/mol. The Hall–Kier alpha value is -7.43. The van der Waals surface area contributed by atoms with Gasteiger partial charge in [-0.3, -0.25) is 15.0 Å². The quantitative estimate of drug-likeness (QED) is 0.116. The molecular formula is C67H68N4. The second kappa shape index (κ2) is 20.5. The molecule has 0 bridgehead atoms. The SMILES string of the molecule is Cc1cnc(-c2cc(-c3c(C(C)C)cccc3C(C)C)cc(N(c3cc(-c4cc(-c5ccccc5)c(C)cn4)cc(-c4c(C(C)C)cccc4C(C)C)c3)c3c(C)ccnc3C)c2)cc1-c1ccccc1. The smallest absolute Gasteiger partial charge is 0.0709 e. The van der Waals surface area contributed by atoms with Gasteiger partial charge >= 0.3 is 0 Å². The van der Waals surface area contributed by atoms with Crippen LogP contribution in [0.5, 0.6) is 0 Å². The fourth-order valence-electron chi connectivity index (χ4n) is 10.5. The first kappa shape index (κ1) is 48.6. The number of aromatic nitrogens is 3. The van der Waals surface area contributed by atoms with E-state index in [0.717, 1.165) is 73.1 Å². The van der Waals surface area contributed by atoms with Gasteiger partial charge in [0.1, 0.15) is 0 Å². The molecule has 4 heteroatoms. The van der Waals surface area contributed by atoms with Crippen LogP contribution in [0.4, 0.5) is 17.1 Å². The number of benzene rings is 6. The molecule has 0 saturated carbocycles. The van der Waals surface area contributed by atoms with E-state index in [1.165, 1.54) is 55.6 Å². The fourth-order valence-corrected chi connectivity index (χ4v) is 10.5. The summed E-state index contributed by atoms with van der Waals surface area (Å²) in [6.45, 7) is 27.2. The summed E-state index contributed by atoms with van der Waals surface area (Å²) in [5, 5.41) is 0. The first-order chi connectivity index (χ1) is 34.2. The second-order valence-electron chi connectivity index (χ2n) is 20.7. The van der Waals surface area contributed by atoms with Crippen molar-refractivity contribution in [3.8, 4) is 67.0 Å². The van der Waals surface area contributed by atoms with E-state index in [9.17, 15) is 0 Å². The molecule has 3 aromatic heterocycles. The lowest BCUT2D eigenvalue weighted by atomic mass is 9.83. The molecule has 0 radical (unpaired) electrons. The van der Waals surface area contributed by atoms with Crippen LogP contribution >= 0.6 is 0 Å². The Morgan fingerprint density at radius 3 is 1.10 bits per heavy atom. The topological polar surface area (TPSA) is 41.9 Å². The van der Waals surface area contributed by atoms with Gasteiger partial charge < -0.3 is 4.90 Å². The molecule has 0 unspecified atom stereocenters. The van der Waals surface area contributed by atoms with Gasteiger partial charge in [0.05, 0.1) is 22.8 Å². The van der Waals surface area contributed by atoms with Crippen LogP contribution in [0.15, 0.2) is 170 Å². The Labute approximate surface area is 423 Å². The van der Waals surface area contributed by atoms with Gasteiger partial charge in [-0.1, -0.05) is 152 Å². The van der Waals surface area contributed by atoms with Gasteiger partial charge in [-0.25, -0.2) is 0 Å². The zero-order valence-corrected chi connectivity index (χ0v) is 43.8. The molecule has 9 aromatic rings. The first-order valence-corrected chi connectivity index (χ1v) is 25.5. The standard InChI is InChI=1S/C67H68N4/c1-41(2)57-25-19-26-58(42(3)4)65(57)53-31-51(63-37-61(46(10)39-69-63)49-21-15-13-16-22-49)33-55(35-53)71(67-45(9)29-30-68-48(67)12)56-34-52(64-38-62(47(11)40-70-64)50-23-17-14-18-24-50)32-54(36-56)66-59(43(5)6)27-20-28-60(66)44(7)8/h13-44H,1-12H3. The number of hydrogen-bond donors (Lipinski definition) is 0. The third-order valence-electron chi connectivity index (χ3n) is 14.2. The van der Waals surface area contributed by atoms with Gasteiger partial charge in [0.15, 0.2) is 0 Å². The van der Waals surface area contributed by atoms with E-state index < -0.39 is 0 Å². The van der Waals surface area contributed by atoms with Crippen LogP contribution in [-0.4, -0.2) is 15.0 Å². The summed E-state index contributed by atoms with van der Waals surface area (Å²) >= 11 is 0. The van der Waals surface area contributed by atoms with Crippen molar-refractivity contribution in [2.24, 2.45) is 0 Å². The highest BCUT2D eigenvalue weighted by Gasteiger charge is 2.26. The predicted octanol–water partition coefficient (Wildman–Crippen LogP) is 19.1. The molecule has 6 aromatic carbocycles. The zero-order chi connectivity index (χ0) is 50.1. The fraction of sp³-hybridized carbons (Fsp3) is 0.239. The highest BCUT2D eigenvalue weighted by Crippen LogP contribution is 2.48. The van der Waals surface area contributed by atoms with Crippen LogP contribution in [0, 0.1) is 27.7 Å². The third kappa shape index (κ3) is 9.86. The van der Waals surface area contributed by atoms with Crippen molar-refractivity contribution in [3.05, 3.63) is 215 Å². The van der Waals surface area contributed by atoms with Gasteiger partial charge in [-0.15, -0.1) is 0 Å². The number of pyridine rings is 3. The van der Waals surface area contributed by atoms with E-state index in [-0.39, 0.29) is 0 Å². The van der Waals surface area contributed by atoms with Crippen molar-refractivity contribution in [1.82, 2.24) is 15.0 Å². The number of rotatable bonds is 13. The van der Waals surface area contributed by atoms with Gasteiger partial charge in [0.2, 0.25) is 0 Å². The van der Waals surface area contributed by atoms with Crippen LogP contribution in [0.1, 0.15) is 124 Å². The molecule has 0 N–H and O–H groups in total. The van der Waals surface area contributed by atoms with Crippen molar-refractivity contribution in [3.63, 3.8) is 0 Å². The van der Waals surface area contributed by atoms with Crippen molar-refractivity contribution >= 4 is 17.1 Å². The number of hydrogen-bond acceptors (Lipinski definition) is 4. The molecule has 0 aliphatic carbocycles. The summed E-state index contributed by atoms with van der Waals surface area (Å²) in [7, 11) is 0. The zero-order valence-electron chi connectivity index (χ0n) is 43.8. The van der Waals surface area contributed by atoms with Crippen molar-refractivity contribution in [1.29, 1.82) is 0 Å². The van der Waals surface area contributed by atoms with Crippen molar-refractivity contribution in [2.75, 3.05) is 4.90 Å². The molecule has 0 atom stereocenters. The lowest BCUT2D eigenvalue weighted by Gasteiger charge is -2.31. The first-order valence-electron chi connectivity index (χ1n) is 25.5. The maximum Gasteiger partial charge on any atom is 0.0709 e. The molecule has 9 rings (SSSR count). The average molecular weight is 929 g/mol. The lowest BCUT2D eigenvalue weighted by molar-refractivity contribution is 0.838. The average Bonchev–Trinajstić information content (AvgIpc) is 3.37. The summed E-state index contributed by atoms with van der Waals surface area (Å²) in [4.78, 5) is 17.9. The lowest BCUT2D eigenvalue weighted by Crippen LogP contribution is -2.15. The monoisotopic (exact) mass is 929 g/mol. The van der Waals surface area contributed by atoms with E-state index >= 15 is 0 Å². The largest absolute Gasteiger partial charge is 0.308 e. The van der Waals surface area contributed by atoms with Crippen LogP contribution in [0.2, 0.25) is 0 Å². The van der Waals surface area contributed by atoms with E-state index in [4.69, 9.17) is 15.0 Å². The van der Waals surface area contributed by atoms with Gasteiger partial charge in [0.25, 0.3) is 0 Å². The van der Waals surface area contributed by atoms with E-state index in [0.29, 0.717) is 23.7 Å².